The monoisotopic (exact) mass is 363 g/mol. The van der Waals surface area contributed by atoms with Crippen molar-refractivity contribution >= 4 is 33.5 Å². The molecule has 1 heterocycles. The van der Waals surface area contributed by atoms with E-state index in [0.29, 0.717) is 0 Å². The number of para-hydroxylation sites is 1. The van der Waals surface area contributed by atoms with Crippen molar-refractivity contribution in [2.45, 2.75) is 0 Å². The van der Waals surface area contributed by atoms with Crippen LogP contribution in [0.3, 0.4) is 0 Å². The normalized spacial score (nSPS) is 10.9. The Kier molecular flexibility index (Phi) is 3.22. The van der Waals surface area contributed by atoms with Gasteiger partial charge in [-0.15, -0.1) is 0 Å². The van der Waals surface area contributed by atoms with Crippen molar-refractivity contribution in [3.8, 4) is 17.0 Å². The van der Waals surface area contributed by atoms with Gasteiger partial charge in [-0.2, -0.15) is 0 Å². The molecule has 0 atom stereocenters. The number of aromatic nitrogens is 1. The molecule has 0 bridgehead atoms. The number of halogens is 1. The van der Waals surface area contributed by atoms with Crippen molar-refractivity contribution in [3.63, 3.8) is 0 Å². The van der Waals surface area contributed by atoms with Gasteiger partial charge in [0.25, 0.3) is 0 Å². The third kappa shape index (κ3) is 2.02. The molecule has 0 N–H and O–H groups in total. The third-order valence-electron chi connectivity index (χ3n) is 3.41. The fourth-order valence-corrected chi connectivity index (χ4v) is 3.55. The lowest BCUT2D eigenvalue weighted by Gasteiger charge is -2.06. The highest BCUT2D eigenvalue weighted by molar-refractivity contribution is 14.1. The standard InChI is InChI=1S/C16H14INO/c1-18-14-6-4-3-5-13(14)15(17)16(18)11-7-9-12(19-2)10-8-11/h3-10H,1-2H3. The topological polar surface area (TPSA) is 14.2 Å². The van der Waals surface area contributed by atoms with Crippen molar-refractivity contribution < 1.29 is 4.74 Å². The molecule has 0 fully saturated rings. The van der Waals surface area contributed by atoms with Crippen LogP contribution in [0.2, 0.25) is 0 Å². The second-order valence-electron chi connectivity index (χ2n) is 4.47. The molecule has 3 aromatic rings. The molecule has 0 aliphatic rings. The van der Waals surface area contributed by atoms with Crippen LogP contribution in [0, 0.1) is 3.57 Å². The first-order valence-corrected chi connectivity index (χ1v) is 7.17. The summed E-state index contributed by atoms with van der Waals surface area (Å²) in [6.07, 6.45) is 0. The van der Waals surface area contributed by atoms with Crippen LogP contribution in [0.15, 0.2) is 48.5 Å². The fraction of sp³-hybridized carbons (Fsp3) is 0.125. The SMILES string of the molecule is COc1ccc(-c2c(I)c3ccccc3n2C)cc1. The third-order valence-corrected chi connectivity index (χ3v) is 4.50. The molecule has 19 heavy (non-hydrogen) atoms. The maximum atomic E-state index is 5.22. The van der Waals surface area contributed by atoms with Crippen LogP contribution in [0.4, 0.5) is 0 Å². The first-order valence-electron chi connectivity index (χ1n) is 6.09. The number of methoxy groups -OCH3 is 1. The second-order valence-corrected chi connectivity index (χ2v) is 5.55. The molecule has 0 spiro atoms. The summed E-state index contributed by atoms with van der Waals surface area (Å²) in [5.41, 5.74) is 3.73. The molecule has 0 aliphatic heterocycles. The first kappa shape index (κ1) is 12.5. The van der Waals surface area contributed by atoms with Crippen molar-refractivity contribution in [1.82, 2.24) is 4.57 Å². The van der Waals surface area contributed by atoms with E-state index in [2.05, 4.69) is 70.6 Å². The van der Waals surface area contributed by atoms with Gasteiger partial charge in [0.2, 0.25) is 0 Å². The van der Waals surface area contributed by atoms with Crippen molar-refractivity contribution in [2.75, 3.05) is 7.11 Å². The molecule has 0 saturated carbocycles. The molecule has 2 aromatic carbocycles. The number of ether oxygens (including phenoxy) is 1. The number of hydrogen-bond acceptors (Lipinski definition) is 1. The number of rotatable bonds is 2. The van der Waals surface area contributed by atoms with Gasteiger partial charge in [-0.05, 0) is 58.5 Å². The molecular weight excluding hydrogens is 349 g/mol. The summed E-state index contributed by atoms with van der Waals surface area (Å²) in [7, 11) is 3.81. The molecule has 1 aromatic heterocycles. The Labute approximate surface area is 126 Å². The molecule has 2 nitrogen and oxygen atoms in total. The van der Waals surface area contributed by atoms with Gasteiger partial charge in [-0.25, -0.2) is 0 Å². The minimum atomic E-state index is 0.887. The van der Waals surface area contributed by atoms with Gasteiger partial charge in [0, 0.05) is 21.5 Å². The zero-order valence-electron chi connectivity index (χ0n) is 10.9. The number of benzene rings is 2. The number of hydrogen-bond donors (Lipinski definition) is 0. The molecule has 0 aliphatic carbocycles. The van der Waals surface area contributed by atoms with Crippen molar-refractivity contribution in [3.05, 3.63) is 52.1 Å². The van der Waals surface area contributed by atoms with E-state index in [1.165, 1.54) is 25.7 Å². The Bertz CT molecular complexity index is 689. The highest BCUT2D eigenvalue weighted by Gasteiger charge is 2.13. The Morgan fingerprint density at radius 1 is 1.00 bits per heavy atom. The Morgan fingerprint density at radius 2 is 1.68 bits per heavy atom. The maximum absolute atomic E-state index is 5.22. The largest absolute Gasteiger partial charge is 0.497 e. The van der Waals surface area contributed by atoms with E-state index in [1.54, 1.807) is 7.11 Å². The average molecular weight is 363 g/mol. The van der Waals surface area contributed by atoms with E-state index < -0.39 is 0 Å². The van der Waals surface area contributed by atoms with Gasteiger partial charge in [-0.1, -0.05) is 18.2 Å². The zero-order valence-corrected chi connectivity index (χ0v) is 13.0. The molecule has 0 radical (unpaired) electrons. The zero-order chi connectivity index (χ0) is 13.4. The summed E-state index contributed by atoms with van der Waals surface area (Å²) < 4.78 is 8.76. The van der Waals surface area contributed by atoms with Gasteiger partial charge in [0.1, 0.15) is 5.75 Å². The molecule has 3 rings (SSSR count). The summed E-state index contributed by atoms with van der Waals surface area (Å²) in [4.78, 5) is 0. The quantitative estimate of drug-likeness (QED) is 0.614. The molecule has 0 unspecified atom stereocenters. The van der Waals surface area contributed by atoms with Crippen LogP contribution in [0.25, 0.3) is 22.2 Å². The van der Waals surface area contributed by atoms with E-state index in [0.717, 1.165) is 5.75 Å². The number of nitrogens with zero attached hydrogens (tertiary/aromatic N) is 1. The predicted molar refractivity (Wildman–Crippen MR) is 87.6 cm³/mol. The summed E-state index contributed by atoms with van der Waals surface area (Å²) in [5.74, 6) is 0.887. The predicted octanol–water partition coefficient (Wildman–Crippen LogP) is 4.46. The lowest BCUT2D eigenvalue weighted by Crippen LogP contribution is -1.92. The maximum Gasteiger partial charge on any atom is 0.118 e. The molecule has 3 heteroatoms. The summed E-state index contributed by atoms with van der Waals surface area (Å²) >= 11 is 2.43. The smallest absolute Gasteiger partial charge is 0.118 e. The minimum absolute atomic E-state index is 0.887. The highest BCUT2D eigenvalue weighted by Crippen LogP contribution is 2.34. The first-order chi connectivity index (χ1) is 9.22. The van der Waals surface area contributed by atoms with Crippen molar-refractivity contribution in [2.24, 2.45) is 7.05 Å². The van der Waals surface area contributed by atoms with Crippen LogP contribution >= 0.6 is 22.6 Å². The lowest BCUT2D eigenvalue weighted by atomic mass is 10.1. The average Bonchev–Trinajstić information content (AvgIpc) is 2.72. The van der Waals surface area contributed by atoms with Crippen LogP contribution in [0.5, 0.6) is 5.75 Å². The number of aryl methyl sites for hydroxylation is 1. The summed E-state index contributed by atoms with van der Waals surface area (Å²) in [6, 6.07) is 16.7. The van der Waals surface area contributed by atoms with Crippen LogP contribution < -0.4 is 4.74 Å². The Balaban J connectivity index is 2.24. The lowest BCUT2D eigenvalue weighted by molar-refractivity contribution is 0.415. The van der Waals surface area contributed by atoms with E-state index in [-0.39, 0.29) is 0 Å². The van der Waals surface area contributed by atoms with Crippen LogP contribution in [-0.4, -0.2) is 11.7 Å². The molecule has 96 valence electrons. The molecule has 0 saturated heterocycles. The molecule has 0 amide bonds. The van der Waals surface area contributed by atoms with E-state index in [4.69, 9.17) is 4.74 Å². The van der Waals surface area contributed by atoms with Gasteiger partial charge in [0.15, 0.2) is 0 Å². The molecular formula is C16H14INO. The van der Waals surface area contributed by atoms with Gasteiger partial charge in [0.05, 0.1) is 12.8 Å². The van der Waals surface area contributed by atoms with E-state index in [9.17, 15) is 0 Å². The summed E-state index contributed by atoms with van der Waals surface area (Å²) in [5, 5.41) is 1.30. The number of fused-ring (bicyclic) bond motifs is 1. The van der Waals surface area contributed by atoms with Crippen molar-refractivity contribution in [1.29, 1.82) is 0 Å². The second kappa shape index (κ2) is 4.89. The van der Waals surface area contributed by atoms with E-state index >= 15 is 0 Å². The van der Waals surface area contributed by atoms with Crippen LogP contribution in [0.1, 0.15) is 0 Å². The minimum Gasteiger partial charge on any atom is -0.497 e. The fourth-order valence-electron chi connectivity index (χ4n) is 2.42. The van der Waals surface area contributed by atoms with Gasteiger partial charge in [-0.3, -0.25) is 0 Å². The highest BCUT2D eigenvalue weighted by atomic mass is 127. The Hall–Kier alpha value is -1.49. The van der Waals surface area contributed by atoms with Gasteiger partial charge < -0.3 is 9.30 Å². The Morgan fingerprint density at radius 3 is 2.32 bits per heavy atom. The van der Waals surface area contributed by atoms with Gasteiger partial charge >= 0.3 is 0 Å². The van der Waals surface area contributed by atoms with Crippen LogP contribution in [-0.2, 0) is 7.05 Å². The van der Waals surface area contributed by atoms with E-state index in [1.807, 2.05) is 12.1 Å². The summed E-state index contributed by atoms with van der Waals surface area (Å²) in [6.45, 7) is 0.